The Morgan fingerprint density at radius 2 is 2.30 bits per heavy atom. The maximum atomic E-state index is 5.71. The molecule has 0 aliphatic carbocycles. The van der Waals surface area contributed by atoms with E-state index in [2.05, 4.69) is 0 Å². The lowest BCUT2D eigenvalue weighted by Gasteiger charge is -1.98. The monoisotopic (exact) mass is 182 g/mol. The van der Waals surface area contributed by atoms with E-state index in [9.17, 15) is 0 Å². The van der Waals surface area contributed by atoms with E-state index >= 15 is 0 Å². The van der Waals surface area contributed by atoms with E-state index in [0.29, 0.717) is 12.5 Å². The third-order valence-electron chi connectivity index (χ3n) is 0.988. The summed E-state index contributed by atoms with van der Waals surface area (Å²) in [5.41, 5.74) is 0. The summed E-state index contributed by atoms with van der Waals surface area (Å²) in [6.45, 7) is 3.38. The first-order valence-electron chi connectivity index (χ1n) is 3.29. The number of alkyl halides is 1. The average Bonchev–Trinajstić information content (AvgIpc) is 1.89. The molecule has 0 N–H and O–H groups in total. The predicted molar refractivity (Wildman–Crippen MR) is 45.8 cm³/mol. The molecule has 10 heavy (non-hydrogen) atoms. The van der Waals surface area contributed by atoms with Crippen molar-refractivity contribution < 1.29 is 4.74 Å². The fraction of sp³-hybridized carbons (Fsp3) is 0.714. The van der Waals surface area contributed by atoms with Crippen molar-refractivity contribution in [1.29, 1.82) is 0 Å². The predicted octanol–water partition coefficient (Wildman–Crippen LogP) is 2.77. The molecular formula is C7H12Cl2O. The van der Waals surface area contributed by atoms with E-state index < -0.39 is 0 Å². The van der Waals surface area contributed by atoms with Crippen molar-refractivity contribution in [2.24, 2.45) is 0 Å². The molecule has 0 amide bonds. The zero-order chi connectivity index (χ0) is 7.82. The molecule has 0 radical (unpaired) electrons. The van der Waals surface area contributed by atoms with Crippen molar-refractivity contribution >= 4 is 23.2 Å². The van der Waals surface area contributed by atoms with Gasteiger partial charge in [0.2, 0.25) is 0 Å². The molecule has 60 valence electrons. The highest BCUT2D eigenvalue weighted by atomic mass is 35.5. The summed E-state index contributed by atoms with van der Waals surface area (Å²) >= 11 is 11.1. The van der Waals surface area contributed by atoms with Gasteiger partial charge >= 0.3 is 0 Å². The molecule has 0 atom stereocenters. The lowest BCUT2D eigenvalue weighted by atomic mass is 10.4. The Morgan fingerprint density at radius 3 is 2.80 bits per heavy atom. The van der Waals surface area contributed by atoms with E-state index in [4.69, 9.17) is 27.9 Å². The van der Waals surface area contributed by atoms with Crippen molar-refractivity contribution in [2.75, 3.05) is 19.1 Å². The largest absolute Gasteiger partial charge is 0.381 e. The van der Waals surface area contributed by atoms with Crippen molar-refractivity contribution in [1.82, 2.24) is 0 Å². The van der Waals surface area contributed by atoms with Crippen LogP contribution in [0.3, 0.4) is 0 Å². The molecule has 3 heteroatoms. The van der Waals surface area contributed by atoms with Crippen LogP contribution in [0.15, 0.2) is 11.1 Å². The van der Waals surface area contributed by atoms with Gasteiger partial charge < -0.3 is 4.74 Å². The molecule has 0 spiro atoms. The first kappa shape index (κ1) is 10.3. The molecule has 0 unspecified atom stereocenters. The fourth-order valence-corrected chi connectivity index (χ4v) is 0.919. The van der Waals surface area contributed by atoms with Crippen LogP contribution in [0.5, 0.6) is 0 Å². The lowest BCUT2D eigenvalue weighted by Crippen LogP contribution is -1.92. The average molecular weight is 183 g/mol. The minimum atomic E-state index is 0.477. The molecular weight excluding hydrogens is 171 g/mol. The van der Waals surface area contributed by atoms with Gasteiger partial charge in [0.15, 0.2) is 0 Å². The standard InChI is InChI=1S/C7H12Cl2O/c1-2-10-6-4-7(9)3-5-8/h3H,2,4-6H2,1H3/b7-3-. The van der Waals surface area contributed by atoms with Crippen LogP contribution in [0.25, 0.3) is 0 Å². The molecule has 0 rings (SSSR count). The van der Waals surface area contributed by atoms with E-state index in [1.807, 2.05) is 6.92 Å². The molecule has 0 aromatic heterocycles. The van der Waals surface area contributed by atoms with Gasteiger partial charge in [0.1, 0.15) is 0 Å². The van der Waals surface area contributed by atoms with Gasteiger partial charge in [-0.1, -0.05) is 17.7 Å². The first-order chi connectivity index (χ1) is 4.81. The molecule has 0 aliphatic rings. The van der Waals surface area contributed by atoms with Crippen LogP contribution >= 0.6 is 23.2 Å². The summed E-state index contributed by atoms with van der Waals surface area (Å²) in [7, 11) is 0. The fourth-order valence-electron chi connectivity index (χ4n) is 0.500. The number of rotatable bonds is 5. The number of ether oxygens (including phenoxy) is 1. The molecule has 1 nitrogen and oxygen atoms in total. The quantitative estimate of drug-likeness (QED) is 0.470. The van der Waals surface area contributed by atoms with Gasteiger partial charge in [0.05, 0.1) is 6.61 Å². The second-order valence-electron chi connectivity index (χ2n) is 1.75. The number of halogens is 2. The highest BCUT2D eigenvalue weighted by molar-refractivity contribution is 6.30. The van der Waals surface area contributed by atoms with Crippen molar-refractivity contribution in [3.05, 3.63) is 11.1 Å². The maximum Gasteiger partial charge on any atom is 0.0514 e. The molecule has 0 saturated carbocycles. The van der Waals surface area contributed by atoms with Crippen LogP contribution in [0, 0.1) is 0 Å². The summed E-state index contributed by atoms with van der Waals surface area (Å²) < 4.78 is 5.08. The minimum absolute atomic E-state index is 0.477. The number of allylic oxidation sites excluding steroid dienone is 1. The molecule has 0 aromatic carbocycles. The Morgan fingerprint density at radius 1 is 1.60 bits per heavy atom. The zero-order valence-corrected chi connectivity index (χ0v) is 7.58. The van der Waals surface area contributed by atoms with Crippen molar-refractivity contribution in [3.8, 4) is 0 Å². The van der Waals surface area contributed by atoms with E-state index in [0.717, 1.165) is 18.1 Å². The molecule has 0 aromatic rings. The Labute approximate surface area is 72.0 Å². The van der Waals surface area contributed by atoms with Crippen molar-refractivity contribution in [3.63, 3.8) is 0 Å². The topological polar surface area (TPSA) is 9.23 Å². The smallest absolute Gasteiger partial charge is 0.0514 e. The van der Waals surface area contributed by atoms with Crippen LogP contribution in [-0.4, -0.2) is 19.1 Å². The van der Waals surface area contributed by atoms with Gasteiger partial charge in [0, 0.05) is 23.9 Å². The van der Waals surface area contributed by atoms with Gasteiger partial charge in [-0.15, -0.1) is 11.6 Å². The van der Waals surface area contributed by atoms with Gasteiger partial charge in [-0.3, -0.25) is 0 Å². The van der Waals surface area contributed by atoms with Gasteiger partial charge in [-0.2, -0.15) is 0 Å². The van der Waals surface area contributed by atoms with Gasteiger partial charge in [-0.05, 0) is 6.92 Å². The lowest BCUT2D eigenvalue weighted by molar-refractivity contribution is 0.152. The Kier molecular flexibility index (Phi) is 7.59. The summed E-state index contributed by atoms with van der Waals surface area (Å²) in [5, 5.41) is 0.781. The summed E-state index contributed by atoms with van der Waals surface area (Å²) in [5.74, 6) is 0.477. The molecule has 0 bridgehead atoms. The minimum Gasteiger partial charge on any atom is -0.381 e. The van der Waals surface area contributed by atoms with Gasteiger partial charge in [-0.25, -0.2) is 0 Å². The number of hydrogen-bond acceptors (Lipinski definition) is 1. The zero-order valence-electron chi connectivity index (χ0n) is 6.07. The van der Waals surface area contributed by atoms with Crippen molar-refractivity contribution in [2.45, 2.75) is 13.3 Å². The van der Waals surface area contributed by atoms with Crippen LogP contribution < -0.4 is 0 Å². The van der Waals surface area contributed by atoms with Gasteiger partial charge in [0.25, 0.3) is 0 Å². The number of hydrogen-bond donors (Lipinski definition) is 0. The van der Waals surface area contributed by atoms with E-state index in [-0.39, 0.29) is 0 Å². The normalized spacial score (nSPS) is 12.1. The summed E-state index contributed by atoms with van der Waals surface area (Å²) in [6.07, 6.45) is 2.55. The SMILES string of the molecule is CCOCC/C(Cl)=C/CCl. The Hall–Kier alpha value is 0.280. The molecule has 0 heterocycles. The van der Waals surface area contributed by atoms with Crippen LogP contribution in [0.4, 0.5) is 0 Å². The highest BCUT2D eigenvalue weighted by Crippen LogP contribution is 2.06. The summed E-state index contributed by atoms with van der Waals surface area (Å²) in [6, 6.07) is 0. The second-order valence-corrected chi connectivity index (χ2v) is 2.55. The third-order valence-corrected chi connectivity index (χ3v) is 1.49. The summed E-state index contributed by atoms with van der Waals surface area (Å²) in [4.78, 5) is 0. The van der Waals surface area contributed by atoms with Crippen LogP contribution in [0.1, 0.15) is 13.3 Å². The Bertz CT molecular complexity index is 102. The first-order valence-corrected chi connectivity index (χ1v) is 4.20. The third kappa shape index (κ3) is 6.40. The Balaban J connectivity index is 3.21. The van der Waals surface area contributed by atoms with Crippen LogP contribution in [0.2, 0.25) is 0 Å². The van der Waals surface area contributed by atoms with E-state index in [1.165, 1.54) is 0 Å². The highest BCUT2D eigenvalue weighted by Gasteiger charge is 1.90. The molecule has 0 saturated heterocycles. The maximum absolute atomic E-state index is 5.71. The van der Waals surface area contributed by atoms with E-state index in [1.54, 1.807) is 6.08 Å². The van der Waals surface area contributed by atoms with Crippen LogP contribution in [-0.2, 0) is 4.74 Å². The second kappa shape index (κ2) is 7.39. The molecule has 0 aliphatic heterocycles. The molecule has 0 fully saturated rings.